The van der Waals surface area contributed by atoms with Gasteiger partial charge in [-0.25, -0.2) is 0 Å². The summed E-state index contributed by atoms with van der Waals surface area (Å²) in [4.78, 5) is 1.58. The summed E-state index contributed by atoms with van der Waals surface area (Å²) in [6, 6.07) is 0. The van der Waals surface area contributed by atoms with Crippen LogP contribution in [-0.2, 0) is 0 Å². The predicted octanol–water partition coefficient (Wildman–Crippen LogP) is 5.76. The fraction of sp³-hybridized carbons (Fsp3) is 0.750. The highest BCUT2D eigenvalue weighted by molar-refractivity contribution is 8.03. The maximum absolute atomic E-state index is 2.33. The number of rotatable bonds is 7. The second kappa shape index (κ2) is 8.37. The molecular formula is C16H28S2. The molecule has 0 fully saturated rings. The first-order chi connectivity index (χ1) is 8.49. The van der Waals surface area contributed by atoms with Gasteiger partial charge in [-0.15, -0.1) is 11.8 Å². The van der Waals surface area contributed by atoms with Crippen molar-refractivity contribution in [2.45, 2.75) is 47.0 Å². The average molecular weight is 285 g/mol. The molecule has 0 aromatic rings. The molecule has 2 heteroatoms. The second-order valence-electron chi connectivity index (χ2n) is 6.30. The number of unbranched alkanes of at least 4 members (excludes halogenated alkanes) is 1. The van der Waals surface area contributed by atoms with Crippen LogP contribution in [0.4, 0.5) is 0 Å². The molecule has 0 aromatic carbocycles. The molecule has 1 rings (SSSR count). The van der Waals surface area contributed by atoms with Crippen molar-refractivity contribution < 1.29 is 0 Å². The number of thioether (sulfide) groups is 2. The van der Waals surface area contributed by atoms with Crippen molar-refractivity contribution in [2.24, 2.45) is 11.3 Å². The molecule has 18 heavy (non-hydrogen) atoms. The molecule has 0 aliphatic heterocycles. The molecule has 0 bridgehead atoms. The minimum atomic E-state index is 0.480. The molecule has 0 nitrogen and oxygen atoms in total. The lowest BCUT2D eigenvalue weighted by molar-refractivity contribution is 0.480. The lowest BCUT2D eigenvalue weighted by Gasteiger charge is -2.17. The summed E-state index contributed by atoms with van der Waals surface area (Å²) in [5, 5.41) is 0. The van der Waals surface area contributed by atoms with Crippen LogP contribution in [0.2, 0.25) is 0 Å². The third-order valence-corrected chi connectivity index (χ3v) is 5.87. The Kier molecular flexibility index (Phi) is 7.55. The molecule has 0 spiro atoms. The Morgan fingerprint density at radius 3 is 2.61 bits per heavy atom. The van der Waals surface area contributed by atoms with Gasteiger partial charge in [0.25, 0.3) is 0 Å². The molecule has 0 heterocycles. The first kappa shape index (κ1) is 16.2. The zero-order valence-electron chi connectivity index (χ0n) is 12.4. The normalized spacial score (nSPS) is 20.0. The van der Waals surface area contributed by atoms with Gasteiger partial charge in [0.05, 0.1) is 0 Å². The van der Waals surface area contributed by atoms with Crippen LogP contribution in [0.25, 0.3) is 0 Å². The molecule has 0 amide bonds. The maximum atomic E-state index is 2.33. The smallest absolute Gasteiger partial charge is 0.00187 e. The van der Waals surface area contributed by atoms with Gasteiger partial charge in [0.2, 0.25) is 0 Å². The molecule has 0 radical (unpaired) electrons. The van der Waals surface area contributed by atoms with E-state index in [0.29, 0.717) is 5.41 Å². The molecule has 1 unspecified atom stereocenters. The molecule has 0 aromatic heterocycles. The number of hydrogen-bond donors (Lipinski definition) is 0. The third-order valence-electron chi connectivity index (χ3n) is 2.86. The van der Waals surface area contributed by atoms with Gasteiger partial charge in [-0.3, -0.25) is 0 Å². The van der Waals surface area contributed by atoms with Gasteiger partial charge >= 0.3 is 0 Å². The number of hydrogen-bond acceptors (Lipinski definition) is 2. The van der Waals surface area contributed by atoms with E-state index >= 15 is 0 Å². The van der Waals surface area contributed by atoms with Crippen molar-refractivity contribution >= 4 is 23.5 Å². The fourth-order valence-corrected chi connectivity index (χ4v) is 4.10. The highest BCUT2D eigenvalue weighted by Crippen LogP contribution is 2.30. The first-order valence-electron chi connectivity index (χ1n) is 7.06. The molecule has 0 N–H and O–H groups in total. The Labute approximate surface area is 122 Å². The van der Waals surface area contributed by atoms with Crippen LogP contribution >= 0.6 is 23.5 Å². The van der Waals surface area contributed by atoms with Gasteiger partial charge < -0.3 is 0 Å². The van der Waals surface area contributed by atoms with Crippen molar-refractivity contribution in [3.8, 4) is 0 Å². The van der Waals surface area contributed by atoms with Gasteiger partial charge in [0.1, 0.15) is 0 Å². The van der Waals surface area contributed by atoms with Gasteiger partial charge in [-0.2, -0.15) is 11.8 Å². The summed E-state index contributed by atoms with van der Waals surface area (Å²) in [6.45, 7) is 9.29. The highest BCUT2D eigenvalue weighted by atomic mass is 32.2. The topological polar surface area (TPSA) is 0 Å². The average Bonchev–Trinajstić information content (AvgIpc) is 2.28. The minimum absolute atomic E-state index is 0.480. The highest BCUT2D eigenvalue weighted by Gasteiger charge is 2.10. The summed E-state index contributed by atoms with van der Waals surface area (Å²) >= 11 is 4.18. The van der Waals surface area contributed by atoms with Gasteiger partial charge in [0, 0.05) is 0 Å². The van der Waals surface area contributed by atoms with Crippen LogP contribution in [0.5, 0.6) is 0 Å². The largest absolute Gasteiger partial charge is 0.161 e. The van der Waals surface area contributed by atoms with Gasteiger partial charge in [-0.05, 0) is 52.8 Å². The van der Waals surface area contributed by atoms with E-state index < -0.39 is 0 Å². The van der Waals surface area contributed by atoms with Gasteiger partial charge in [-0.1, -0.05) is 45.9 Å². The summed E-state index contributed by atoms with van der Waals surface area (Å²) < 4.78 is 0. The van der Waals surface area contributed by atoms with Crippen LogP contribution in [-0.4, -0.2) is 17.3 Å². The first-order valence-corrected chi connectivity index (χ1v) is 9.20. The van der Waals surface area contributed by atoms with E-state index in [1.165, 1.54) is 36.5 Å². The second-order valence-corrected chi connectivity index (χ2v) is 8.58. The van der Waals surface area contributed by atoms with Crippen molar-refractivity contribution in [3.63, 3.8) is 0 Å². The van der Waals surface area contributed by atoms with Crippen LogP contribution in [0.1, 0.15) is 47.0 Å². The molecular weight excluding hydrogens is 256 g/mol. The molecule has 0 saturated carbocycles. The van der Waals surface area contributed by atoms with Gasteiger partial charge in [0.15, 0.2) is 0 Å². The lowest BCUT2D eigenvalue weighted by Crippen LogP contribution is -2.08. The fourth-order valence-electron chi connectivity index (χ4n) is 1.79. The van der Waals surface area contributed by atoms with E-state index in [2.05, 4.69) is 69.4 Å². The van der Waals surface area contributed by atoms with E-state index in [0.717, 1.165) is 5.92 Å². The van der Waals surface area contributed by atoms with Crippen LogP contribution in [0.3, 0.4) is 0 Å². The predicted molar refractivity (Wildman–Crippen MR) is 89.5 cm³/mol. The Balaban J connectivity index is 1.99. The molecule has 0 saturated heterocycles. The van der Waals surface area contributed by atoms with E-state index in [1.807, 2.05) is 0 Å². The van der Waals surface area contributed by atoms with Crippen LogP contribution in [0, 0.1) is 11.3 Å². The summed E-state index contributed by atoms with van der Waals surface area (Å²) in [5.41, 5.74) is 0.480. The Morgan fingerprint density at radius 1 is 1.22 bits per heavy atom. The quantitative estimate of drug-likeness (QED) is 0.545. The maximum Gasteiger partial charge on any atom is -0.00187 e. The van der Waals surface area contributed by atoms with E-state index in [-0.39, 0.29) is 0 Å². The summed E-state index contributed by atoms with van der Waals surface area (Å²) in [5.74, 6) is 4.65. The molecule has 1 aliphatic rings. The van der Waals surface area contributed by atoms with E-state index in [1.54, 1.807) is 4.91 Å². The minimum Gasteiger partial charge on any atom is -0.161 e. The molecule has 1 atom stereocenters. The molecule has 1 aliphatic carbocycles. The Bertz CT molecular complexity index is 284. The summed E-state index contributed by atoms with van der Waals surface area (Å²) in [6.07, 6.45) is 10.7. The van der Waals surface area contributed by atoms with Crippen LogP contribution in [0.15, 0.2) is 23.1 Å². The molecule has 104 valence electrons. The monoisotopic (exact) mass is 284 g/mol. The SMILES string of the molecule is CC1CC=CC=C1SCCCCSCC(C)(C)C. The standard InChI is InChI=1S/C16H28S2/c1-14-9-5-6-10-15(14)18-12-8-7-11-17-13-16(2,3)4/h5-6,10,14H,7-9,11-13H2,1-4H3. The van der Waals surface area contributed by atoms with Crippen molar-refractivity contribution in [1.29, 1.82) is 0 Å². The zero-order chi connectivity index (χ0) is 13.4. The van der Waals surface area contributed by atoms with Crippen molar-refractivity contribution in [3.05, 3.63) is 23.1 Å². The van der Waals surface area contributed by atoms with E-state index in [4.69, 9.17) is 0 Å². The van der Waals surface area contributed by atoms with E-state index in [9.17, 15) is 0 Å². The van der Waals surface area contributed by atoms with Crippen molar-refractivity contribution in [2.75, 3.05) is 17.3 Å². The Morgan fingerprint density at radius 2 is 1.94 bits per heavy atom. The summed E-state index contributed by atoms with van der Waals surface area (Å²) in [7, 11) is 0. The Hall–Kier alpha value is 0.180. The van der Waals surface area contributed by atoms with Crippen LogP contribution < -0.4 is 0 Å². The van der Waals surface area contributed by atoms with Crippen molar-refractivity contribution in [1.82, 2.24) is 0 Å². The number of allylic oxidation sites excluding steroid dienone is 4. The third kappa shape index (κ3) is 7.58. The zero-order valence-corrected chi connectivity index (χ0v) is 14.0. The lowest BCUT2D eigenvalue weighted by atomic mass is 10.0.